The molecule has 2 N–H and O–H groups in total. The molecule has 5 heteroatoms. The summed E-state index contributed by atoms with van der Waals surface area (Å²) in [4.78, 5) is 14.9. The third-order valence-electron chi connectivity index (χ3n) is 4.75. The van der Waals surface area contributed by atoms with Gasteiger partial charge in [-0.15, -0.1) is 0 Å². The van der Waals surface area contributed by atoms with Gasteiger partial charge >= 0.3 is 0 Å². The van der Waals surface area contributed by atoms with E-state index in [1.165, 1.54) is 0 Å². The molecule has 5 nitrogen and oxygen atoms in total. The zero-order valence-electron chi connectivity index (χ0n) is 16.4. The summed E-state index contributed by atoms with van der Waals surface area (Å²) >= 11 is 0. The Morgan fingerprint density at radius 2 is 1.74 bits per heavy atom. The van der Waals surface area contributed by atoms with Crippen LogP contribution in [0.3, 0.4) is 0 Å². The number of benzene rings is 2. The maximum atomic E-state index is 13.0. The molecule has 0 aliphatic carbocycles. The van der Waals surface area contributed by atoms with Crippen molar-refractivity contribution >= 4 is 5.91 Å². The quantitative estimate of drug-likeness (QED) is 0.698. The van der Waals surface area contributed by atoms with Crippen LogP contribution < -0.4 is 10.5 Å². The van der Waals surface area contributed by atoms with E-state index in [2.05, 4.69) is 6.92 Å². The number of methoxy groups -OCH3 is 2. The van der Waals surface area contributed by atoms with Gasteiger partial charge in [0.1, 0.15) is 5.75 Å². The average molecular weight is 370 g/mol. The van der Waals surface area contributed by atoms with Gasteiger partial charge in [0.2, 0.25) is 5.91 Å². The number of para-hydroxylation sites is 1. The zero-order chi connectivity index (χ0) is 19.6. The molecule has 2 atom stereocenters. The van der Waals surface area contributed by atoms with Crippen LogP contribution in [0.15, 0.2) is 54.6 Å². The molecule has 2 aromatic rings. The number of ether oxygens (including phenoxy) is 2. The summed E-state index contributed by atoms with van der Waals surface area (Å²) < 4.78 is 10.8. The Morgan fingerprint density at radius 1 is 1.07 bits per heavy atom. The van der Waals surface area contributed by atoms with Crippen molar-refractivity contribution in [3.8, 4) is 5.75 Å². The molecule has 2 rings (SSSR count). The normalized spacial score (nSPS) is 13.0. The fourth-order valence-corrected chi connectivity index (χ4v) is 3.14. The van der Waals surface area contributed by atoms with Crippen molar-refractivity contribution in [3.63, 3.8) is 0 Å². The van der Waals surface area contributed by atoms with Crippen LogP contribution in [-0.2, 0) is 22.5 Å². The lowest BCUT2D eigenvalue weighted by molar-refractivity contribution is -0.136. The number of hydrogen-bond acceptors (Lipinski definition) is 4. The van der Waals surface area contributed by atoms with Crippen molar-refractivity contribution in [1.29, 1.82) is 0 Å². The predicted molar refractivity (Wildman–Crippen MR) is 108 cm³/mol. The molecule has 0 fully saturated rings. The monoisotopic (exact) mass is 370 g/mol. The summed E-state index contributed by atoms with van der Waals surface area (Å²) in [5, 5.41) is 0. The summed E-state index contributed by atoms with van der Waals surface area (Å²) in [6.45, 7) is 2.94. The molecule has 146 valence electrons. The van der Waals surface area contributed by atoms with Crippen LogP contribution in [0.1, 0.15) is 24.5 Å². The Morgan fingerprint density at radius 3 is 2.37 bits per heavy atom. The lowest BCUT2D eigenvalue weighted by Crippen LogP contribution is -2.42. The highest BCUT2D eigenvalue weighted by Crippen LogP contribution is 2.22. The van der Waals surface area contributed by atoms with E-state index in [1.54, 1.807) is 14.2 Å². The van der Waals surface area contributed by atoms with Gasteiger partial charge in [-0.25, -0.2) is 0 Å². The van der Waals surface area contributed by atoms with E-state index in [4.69, 9.17) is 15.2 Å². The second-order valence-electron chi connectivity index (χ2n) is 6.67. The molecule has 2 aromatic carbocycles. The highest BCUT2D eigenvalue weighted by molar-refractivity contribution is 5.77. The van der Waals surface area contributed by atoms with Gasteiger partial charge < -0.3 is 20.1 Å². The molecule has 0 heterocycles. The van der Waals surface area contributed by atoms with Gasteiger partial charge in [-0.05, 0) is 30.5 Å². The smallest absolute Gasteiger partial charge is 0.225 e. The van der Waals surface area contributed by atoms with Crippen LogP contribution in [0, 0.1) is 0 Å². The Bertz CT molecular complexity index is 702. The molecule has 0 saturated heterocycles. The summed E-state index contributed by atoms with van der Waals surface area (Å²) in [7, 11) is 3.26. The summed E-state index contributed by atoms with van der Waals surface area (Å²) in [6.07, 6.45) is 0.716. The van der Waals surface area contributed by atoms with Crippen molar-refractivity contribution < 1.29 is 14.3 Å². The minimum atomic E-state index is -0.269. The molecule has 0 bridgehead atoms. The Balaban J connectivity index is 2.20. The molecule has 2 unspecified atom stereocenters. The van der Waals surface area contributed by atoms with Crippen molar-refractivity contribution in [3.05, 3.63) is 65.7 Å². The van der Waals surface area contributed by atoms with Crippen LogP contribution in [-0.4, -0.2) is 43.7 Å². The zero-order valence-corrected chi connectivity index (χ0v) is 16.4. The van der Waals surface area contributed by atoms with Gasteiger partial charge in [-0.3, -0.25) is 4.79 Å². The van der Waals surface area contributed by atoms with Gasteiger partial charge in [0.25, 0.3) is 0 Å². The number of nitrogens with zero attached hydrogens (tertiary/aromatic N) is 1. The molecule has 27 heavy (non-hydrogen) atoms. The second kappa shape index (κ2) is 10.7. The van der Waals surface area contributed by atoms with Crippen LogP contribution in [0.2, 0.25) is 0 Å². The first-order valence-electron chi connectivity index (χ1n) is 9.27. The molecular formula is C22H30N2O3. The highest BCUT2D eigenvalue weighted by atomic mass is 16.5. The standard InChI is InChI=1S/C22H30N2O3/c1-17(13-19-11-7-8-12-21(19)27-3)24(16-18-9-5-4-6-10-18)22(25)14-20(15-23)26-2/h4-12,17,20H,13-16,23H2,1-3H3. The van der Waals surface area contributed by atoms with Crippen molar-refractivity contribution in [2.45, 2.75) is 38.5 Å². The van der Waals surface area contributed by atoms with E-state index in [0.717, 1.165) is 16.9 Å². The third kappa shape index (κ3) is 6.08. The van der Waals surface area contributed by atoms with Gasteiger partial charge in [0.15, 0.2) is 0 Å². The van der Waals surface area contributed by atoms with Crippen LogP contribution in [0.5, 0.6) is 5.75 Å². The molecule has 0 aliphatic rings. The van der Waals surface area contributed by atoms with E-state index in [9.17, 15) is 4.79 Å². The van der Waals surface area contributed by atoms with Gasteiger partial charge in [-0.1, -0.05) is 48.5 Å². The van der Waals surface area contributed by atoms with Crippen LogP contribution in [0.25, 0.3) is 0 Å². The first-order valence-corrected chi connectivity index (χ1v) is 9.27. The Kier molecular flexibility index (Phi) is 8.30. The van der Waals surface area contributed by atoms with Crippen molar-refractivity contribution in [2.75, 3.05) is 20.8 Å². The topological polar surface area (TPSA) is 64.8 Å². The second-order valence-corrected chi connectivity index (χ2v) is 6.67. The van der Waals surface area contributed by atoms with E-state index < -0.39 is 0 Å². The fourth-order valence-electron chi connectivity index (χ4n) is 3.14. The number of hydrogen-bond donors (Lipinski definition) is 1. The largest absolute Gasteiger partial charge is 0.496 e. The minimum absolute atomic E-state index is 0.00397. The van der Waals surface area contributed by atoms with Crippen molar-refractivity contribution in [1.82, 2.24) is 4.90 Å². The van der Waals surface area contributed by atoms with Gasteiger partial charge in [-0.2, -0.15) is 0 Å². The Labute approximate surface area is 162 Å². The fraction of sp³-hybridized carbons (Fsp3) is 0.409. The van der Waals surface area contributed by atoms with Gasteiger partial charge in [0, 0.05) is 26.2 Å². The number of nitrogens with two attached hydrogens (primary N) is 1. The first kappa shape index (κ1) is 20.9. The predicted octanol–water partition coefficient (Wildman–Crippen LogP) is 3.02. The molecular weight excluding hydrogens is 340 g/mol. The average Bonchev–Trinajstić information content (AvgIpc) is 2.71. The third-order valence-corrected chi connectivity index (χ3v) is 4.75. The number of rotatable bonds is 10. The molecule has 0 saturated carbocycles. The number of carbonyl (C=O) groups excluding carboxylic acids is 1. The number of carbonyl (C=O) groups is 1. The molecule has 1 amide bonds. The minimum Gasteiger partial charge on any atom is -0.496 e. The Hall–Kier alpha value is -2.37. The SMILES string of the molecule is COc1ccccc1CC(C)N(Cc1ccccc1)C(=O)CC(CN)OC. The van der Waals surface area contributed by atoms with E-state index in [1.807, 2.05) is 59.5 Å². The molecule has 0 radical (unpaired) electrons. The molecule has 0 aromatic heterocycles. The van der Waals surface area contributed by atoms with E-state index in [-0.39, 0.29) is 24.5 Å². The van der Waals surface area contributed by atoms with Crippen molar-refractivity contribution in [2.24, 2.45) is 5.73 Å². The lowest BCUT2D eigenvalue weighted by Gasteiger charge is -2.31. The maximum Gasteiger partial charge on any atom is 0.225 e. The summed E-state index contributed by atoms with van der Waals surface area (Å²) in [6, 6.07) is 17.9. The lowest BCUT2D eigenvalue weighted by atomic mass is 10.0. The number of amides is 1. The summed E-state index contributed by atoms with van der Waals surface area (Å²) in [5.41, 5.74) is 7.89. The highest BCUT2D eigenvalue weighted by Gasteiger charge is 2.24. The molecule has 0 spiro atoms. The van der Waals surface area contributed by atoms with E-state index >= 15 is 0 Å². The maximum absolute atomic E-state index is 13.0. The molecule has 0 aliphatic heterocycles. The van der Waals surface area contributed by atoms with Crippen LogP contribution >= 0.6 is 0 Å². The van der Waals surface area contributed by atoms with Gasteiger partial charge in [0.05, 0.1) is 19.6 Å². The van der Waals surface area contributed by atoms with Crippen LogP contribution in [0.4, 0.5) is 0 Å². The first-order chi connectivity index (χ1) is 13.1. The summed E-state index contributed by atoms with van der Waals surface area (Å²) in [5.74, 6) is 0.881. The van der Waals surface area contributed by atoms with E-state index in [0.29, 0.717) is 19.5 Å².